The van der Waals surface area contributed by atoms with Crippen molar-refractivity contribution in [3.8, 4) is 0 Å². The molecule has 12 heavy (non-hydrogen) atoms. The van der Waals surface area contributed by atoms with Crippen molar-refractivity contribution in [2.75, 3.05) is 0 Å². The Balaban J connectivity index is 2.98. The van der Waals surface area contributed by atoms with Gasteiger partial charge in [-0.25, -0.2) is 0 Å². The number of thiophene rings is 1. The van der Waals surface area contributed by atoms with E-state index in [4.69, 9.17) is 23.2 Å². The van der Waals surface area contributed by atoms with E-state index in [1.807, 2.05) is 19.1 Å². The zero-order valence-corrected chi connectivity index (χ0v) is 8.72. The van der Waals surface area contributed by atoms with Crippen molar-refractivity contribution in [2.45, 2.75) is 6.92 Å². The fourth-order valence-electron chi connectivity index (χ4n) is 1.22. The zero-order valence-electron chi connectivity index (χ0n) is 6.40. The third-order valence-corrected chi connectivity index (χ3v) is 3.68. The van der Waals surface area contributed by atoms with E-state index in [2.05, 4.69) is 5.38 Å². The maximum atomic E-state index is 6.02. The van der Waals surface area contributed by atoms with Gasteiger partial charge in [-0.15, -0.1) is 11.3 Å². The molecule has 2 aromatic rings. The number of aryl methyl sites for hydroxylation is 1. The molecule has 0 nitrogen and oxygen atoms in total. The number of halogens is 2. The van der Waals surface area contributed by atoms with Gasteiger partial charge < -0.3 is 0 Å². The van der Waals surface area contributed by atoms with Crippen molar-refractivity contribution in [3.05, 3.63) is 33.1 Å². The van der Waals surface area contributed by atoms with Crippen LogP contribution in [0.2, 0.25) is 10.0 Å². The average Bonchev–Trinajstić information content (AvgIpc) is 2.42. The summed E-state index contributed by atoms with van der Waals surface area (Å²) in [6.07, 6.45) is 0. The predicted molar refractivity (Wildman–Crippen MR) is 56.6 cm³/mol. The lowest BCUT2D eigenvalue weighted by Gasteiger charge is -1.96. The summed E-state index contributed by atoms with van der Waals surface area (Å²) in [5.41, 5.74) is 1.20. The first-order chi connectivity index (χ1) is 5.70. The van der Waals surface area contributed by atoms with Gasteiger partial charge in [0.1, 0.15) is 0 Å². The molecule has 0 bridgehead atoms. The Hall–Kier alpha value is -0.240. The summed E-state index contributed by atoms with van der Waals surface area (Å²) in [4.78, 5) is 0. The van der Waals surface area contributed by atoms with E-state index >= 15 is 0 Å². The normalized spacial score (nSPS) is 10.9. The third kappa shape index (κ3) is 1.13. The van der Waals surface area contributed by atoms with Gasteiger partial charge in [0, 0.05) is 10.4 Å². The summed E-state index contributed by atoms with van der Waals surface area (Å²) in [5, 5.41) is 4.73. The minimum atomic E-state index is 0.785. The molecule has 1 aromatic heterocycles. The van der Waals surface area contributed by atoms with Crippen LogP contribution in [0.15, 0.2) is 17.5 Å². The highest BCUT2D eigenvalue weighted by molar-refractivity contribution is 7.18. The van der Waals surface area contributed by atoms with Crippen molar-refractivity contribution in [1.29, 1.82) is 0 Å². The Kier molecular flexibility index (Phi) is 2.03. The summed E-state index contributed by atoms with van der Waals surface area (Å²) in [6, 6.07) is 3.67. The molecule has 0 aliphatic rings. The van der Waals surface area contributed by atoms with E-state index in [0.717, 1.165) is 20.1 Å². The first-order valence-electron chi connectivity index (χ1n) is 3.52. The Labute approximate surface area is 84.7 Å². The van der Waals surface area contributed by atoms with Crippen LogP contribution in [0, 0.1) is 6.92 Å². The van der Waals surface area contributed by atoms with Crippen LogP contribution in [-0.4, -0.2) is 0 Å². The number of benzene rings is 1. The monoisotopic (exact) mass is 216 g/mol. The first kappa shape index (κ1) is 8.36. The van der Waals surface area contributed by atoms with Crippen LogP contribution in [0.25, 0.3) is 10.1 Å². The van der Waals surface area contributed by atoms with Crippen LogP contribution in [-0.2, 0) is 0 Å². The van der Waals surface area contributed by atoms with Crippen LogP contribution in [0.3, 0.4) is 0 Å². The molecular weight excluding hydrogens is 211 g/mol. The maximum absolute atomic E-state index is 6.02. The highest BCUT2D eigenvalue weighted by atomic mass is 35.5. The summed E-state index contributed by atoms with van der Waals surface area (Å²) in [6.45, 7) is 2.04. The SMILES string of the molecule is Cc1csc2c(Cl)ccc(Cl)c12. The van der Waals surface area contributed by atoms with Gasteiger partial charge in [-0.3, -0.25) is 0 Å². The molecule has 0 atom stereocenters. The molecule has 0 saturated carbocycles. The van der Waals surface area contributed by atoms with Gasteiger partial charge in [-0.2, -0.15) is 0 Å². The Bertz CT molecular complexity index is 431. The van der Waals surface area contributed by atoms with Gasteiger partial charge >= 0.3 is 0 Å². The molecule has 0 N–H and O–H groups in total. The molecule has 0 aliphatic carbocycles. The lowest BCUT2D eigenvalue weighted by Crippen LogP contribution is -1.71. The van der Waals surface area contributed by atoms with Gasteiger partial charge in [0.2, 0.25) is 0 Å². The largest absolute Gasteiger partial charge is 0.142 e. The molecule has 3 heteroatoms. The second-order valence-corrected chi connectivity index (χ2v) is 4.35. The second kappa shape index (κ2) is 2.91. The number of rotatable bonds is 0. The Morgan fingerprint density at radius 1 is 1.17 bits per heavy atom. The molecule has 62 valence electrons. The fraction of sp³-hybridized carbons (Fsp3) is 0.111. The molecule has 2 rings (SSSR count). The molecule has 1 aromatic carbocycles. The quantitative estimate of drug-likeness (QED) is 0.608. The molecular formula is C9H6Cl2S. The van der Waals surface area contributed by atoms with Crippen LogP contribution >= 0.6 is 34.5 Å². The molecule has 0 radical (unpaired) electrons. The molecule has 0 amide bonds. The van der Waals surface area contributed by atoms with Crippen LogP contribution in [0.5, 0.6) is 0 Å². The van der Waals surface area contributed by atoms with Crippen molar-refractivity contribution < 1.29 is 0 Å². The maximum Gasteiger partial charge on any atom is 0.0585 e. The summed E-state index contributed by atoms with van der Waals surface area (Å²) in [5.74, 6) is 0. The smallest absolute Gasteiger partial charge is 0.0585 e. The molecule has 0 aliphatic heterocycles. The Morgan fingerprint density at radius 3 is 2.50 bits per heavy atom. The minimum Gasteiger partial charge on any atom is -0.142 e. The molecule has 0 fully saturated rings. The summed E-state index contributed by atoms with van der Waals surface area (Å²) < 4.78 is 1.08. The van der Waals surface area contributed by atoms with E-state index in [9.17, 15) is 0 Å². The van der Waals surface area contributed by atoms with Gasteiger partial charge in [-0.05, 0) is 30.0 Å². The zero-order chi connectivity index (χ0) is 8.72. The highest BCUT2D eigenvalue weighted by Crippen LogP contribution is 2.36. The predicted octanol–water partition coefficient (Wildman–Crippen LogP) is 4.52. The molecule has 0 unspecified atom stereocenters. The van der Waals surface area contributed by atoms with Gasteiger partial charge in [0.15, 0.2) is 0 Å². The topological polar surface area (TPSA) is 0 Å². The fourth-order valence-corrected chi connectivity index (χ4v) is 2.86. The number of hydrogen-bond donors (Lipinski definition) is 0. The summed E-state index contributed by atoms with van der Waals surface area (Å²) in [7, 11) is 0. The highest BCUT2D eigenvalue weighted by Gasteiger charge is 2.07. The van der Waals surface area contributed by atoms with E-state index < -0.39 is 0 Å². The van der Waals surface area contributed by atoms with Crippen LogP contribution < -0.4 is 0 Å². The number of hydrogen-bond acceptors (Lipinski definition) is 1. The number of fused-ring (bicyclic) bond motifs is 1. The standard InChI is InChI=1S/C9H6Cl2S/c1-5-4-12-9-7(11)3-2-6(10)8(5)9/h2-4H,1H3. The van der Waals surface area contributed by atoms with Gasteiger partial charge in [0.05, 0.1) is 9.72 Å². The van der Waals surface area contributed by atoms with Crippen LogP contribution in [0.1, 0.15) is 5.56 Å². The molecule has 0 saturated heterocycles. The van der Waals surface area contributed by atoms with Crippen LogP contribution in [0.4, 0.5) is 0 Å². The minimum absolute atomic E-state index is 0.785. The molecule has 1 heterocycles. The van der Waals surface area contributed by atoms with Crippen molar-refractivity contribution in [2.24, 2.45) is 0 Å². The van der Waals surface area contributed by atoms with E-state index in [1.165, 1.54) is 5.56 Å². The van der Waals surface area contributed by atoms with Crippen molar-refractivity contribution in [3.63, 3.8) is 0 Å². The first-order valence-corrected chi connectivity index (χ1v) is 5.15. The van der Waals surface area contributed by atoms with Gasteiger partial charge in [0.25, 0.3) is 0 Å². The van der Waals surface area contributed by atoms with Crippen molar-refractivity contribution >= 4 is 44.6 Å². The summed E-state index contributed by atoms with van der Waals surface area (Å²) >= 11 is 13.7. The Morgan fingerprint density at radius 2 is 1.83 bits per heavy atom. The third-order valence-electron chi connectivity index (χ3n) is 1.81. The van der Waals surface area contributed by atoms with Crippen molar-refractivity contribution in [1.82, 2.24) is 0 Å². The van der Waals surface area contributed by atoms with Gasteiger partial charge in [-0.1, -0.05) is 23.2 Å². The lowest BCUT2D eigenvalue weighted by molar-refractivity contribution is 1.60. The van der Waals surface area contributed by atoms with E-state index in [0.29, 0.717) is 0 Å². The molecule has 0 spiro atoms. The average molecular weight is 217 g/mol. The second-order valence-electron chi connectivity index (χ2n) is 2.65. The van der Waals surface area contributed by atoms with E-state index in [-0.39, 0.29) is 0 Å². The lowest BCUT2D eigenvalue weighted by atomic mass is 10.2. The van der Waals surface area contributed by atoms with E-state index in [1.54, 1.807) is 11.3 Å².